The first-order valence-corrected chi connectivity index (χ1v) is 10.3. The monoisotopic (exact) mass is 390 g/mol. The number of aromatic nitrogens is 3. The zero-order valence-corrected chi connectivity index (χ0v) is 17.0. The molecule has 0 aliphatic rings. The molecule has 0 atom stereocenters. The summed E-state index contributed by atoms with van der Waals surface area (Å²) in [5.74, 6) is -0.171. The minimum atomic E-state index is -0.171. The van der Waals surface area contributed by atoms with E-state index in [-0.39, 0.29) is 5.91 Å². The van der Waals surface area contributed by atoms with E-state index in [0.29, 0.717) is 10.7 Å². The Morgan fingerprint density at radius 2 is 1.86 bits per heavy atom. The summed E-state index contributed by atoms with van der Waals surface area (Å²) in [6.45, 7) is 6.24. The number of rotatable bonds is 5. The Kier molecular flexibility index (Phi) is 4.96. The van der Waals surface area contributed by atoms with Gasteiger partial charge in [0.1, 0.15) is 5.65 Å². The van der Waals surface area contributed by atoms with E-state index in [1.54, 1.807) is 6.07 Å². The number of anilines is 1. The van der Waals surface area contributed by atoms with Crippen molar-refractivity contribution in [2.75, 3.05) is 5.32 Å². The molecular formula is C22H22N4OS. The molecule has 0 saturated carbocycles. The van der Waals surface area contributed by atoms with Crippen molar-refractivity contribution in [1.29, 1.82) is 0 Å². The fourth-order valence-corrected chi connectivity index (χ4v) is 3.94. The quantitative estimate of drug-likeness (QED) is 0.513. The Balaban J connectivity index is 1.54. The van der Waals surface area contributed by atoms with Gasteiger partial charge in [-0.05, 0) is 37.5 Å². The van der Waals surface area contributed by atoms with Crippen LogP contribution < -0.4 is 5.32 Å². The van der Waals surface area contributed by atoms with Gasteiger partial charge in [0.15, 0.2) is 5.13 Å². The Morgan fingerprint density at radius 1 is 1.07 bits per heavy atom. The zero-order valence-electron chi connectivity index (χ0n) is 16.2. The number of hydrogen-bond acceptors (Lipinski definition) is 4. The minimum absolute atomic E-state index is 0.171. The SMILES string of the molecule is CCc1ccc(-c2csc(NC(=O)c3ccc4nc(CC)c(C)n4c3)n2)cc1. The largest absolute Gasteiger partial charge is 0.303 e. The second-order valence-corrected chi connectivity index (χ2v) is 7.54. The summed E-state index contributed by atoms with van der Waals surface area (Å²) < 4.78 is 1.97. The van der Waals surface area contributed by atoms with Gasteiger partial charge in [-0.25, -0.2) is 9.97 Å². The van der Waals surface area contributed by atoms with E-state index in [2.05, 4.69) is 53.4 Å². The summed E-state index contributed by atoms with van der Waals surface area (Å²) in [6.07, 6.45) is 3.72. The molecule has 1 amide bonds. The maximum atomic E-state index is 12.7. The molecule has 142 valence electrons. The molecule has 4 aromatic rings. The first kappa shape index (κ1) is 18.4. The minimum Gasteiger partial charge on any atom is -0.303 e. The van der Waals surface area contributed by atoms with E-state index in [9.17, 15) is 4.79 Å². The summed E-state index contributed by atoms with van der Waals surface area (Å²) in [4.78, 5) is 21.8. The number of carbonyl (C=O) groups excluding carboxylic acids is 1. The van der Waals surface area contributed by atoms with Crippen molar-refractivity contribution in [3.8, 4) is 11.3 Å². The van der Waals surface area contributed by atoms with Crippen LogP contribution in [0, 0.1) is 6.92 Å². The standard InChI is InChI=1S/C22H22N4OS/c1-4-15-6-8-16(9-7-15)19-13-28-22(24-19)25-21(27)17-10-11-20-23-18(5-2)14(3)26(20)12-17/h6-13H,4-5H2,1-3H3,(H,24,25,27). The fourth-order valence-electron chi connectivity index (χ4n) is 3.22. The summed E-state index contributed by atoms with van der Waals surface area (Å²) in [5, 5.41) is 5.47. The number of benzene rings is 1. The van der Waals surface area contributed by atoms with Crippen LogP contribution in [0.1, 0.15) is 41.2 Å². The average Bonchev–Trinajstić information content (AvgIpc) is 3.32. The first-order chi connectivity index (χ1) is 13.6. The predicted octanol–water partition coefficient (Wildman–Crippen LogP) is 5.14. The van der Waals surface area contributed by atoms with Crippen LogP contribution in [-0.2, 0) is 12.8 Å². The molecule has 0 unspecified atom stereocenters. The number of fused-ring (bicyclic) bond motifs is 1. The fraction of sp³-hybridized carbons (Fsp3) is 0.227. The highest BCUT2D eigenvalue weighted by molar-refractivity contribution is 7.14. The number of pyridine rings is 1. The third-order valence-electron chi connectivity index (χ3n) is 4.94. The van der Waals surface area contributed by atoms with Crippen LogP contribution in [0.2, 0.25) is 0 Å². The molecule has 0 radical (unpaired) electrons. The lowest BCUT2D eigenvalue weighted by molar-refractivity contribution is 0.102. The Morgan fingerprint density at radius 3 is 2.57 bits per heavy atom. The molecule has 6 heteroatoms. The molecule has 4 rings (SSSR count). The van der Waals surface area contributed by atoms with Gasteiger partial charge in [0.25, 0.3) is 5.91 Å². The number of thiazole rings is 1. The van der Waals surface area contributed by atoms with Crippen LogP contribution >= 0.6 is 11.3 Å². The van der Waals surface area contributed by atoms with Crippen molar-refractivity contribution in [1.82, 2.24) is 14.4 Å². The molecule has 0 fully saturated rings. The summed E-state index contributed by atoms with van der Waals surface area (Å²) in [7, 11) is 0. The zero-order chi connectivity index (χ0) is 19.7. The number of carbonyl (C=O) groups is 1. The van der Waals surface area contributed by atoms with Crippen LogP contribution in [0.5, 0.6) is 0 Å². The number of hydrogen-bond donors (Lipinski definition) is 1. The molecular weight excluding hydrogens is 368 g/mol. The van der Waals surface area contributed by atoms with Crippen LogP contribution in [0.4, 0.5) is 5.13 Å². The van der Waals surface area contributed by atoms with Gasteiger partial charge in [0, 0.05) is 22.8 Å². The highest BCUT2D eigenvalue weighted by atomic mass is 32.1. The molecule has 28 heavy (non-hydrogen) atoms. The maximum Gasteiger partial charge on any atom is 0.258 e. The average molecular weight is 391 g/mol. The lowest BCUT2D eigenvalue weighted by atomic mass is 10.1. The van der Waals surface area contributed by atoms with Gasteiger partial charge in [0.2, 0.25) is 0 Å². The topological polar surface area (TPSA) is 59.3 Å². The van der Waals surface area contributed by atoms with Gasteiger partial charge in [-0.3, -0.25) is 10.1 Å². The Hall–Kier alpha value is -2.99. The highest BCUT2D eigenvalue weighted by Gasteiger charge is 2.13. The van der Waals surface area contributed by atoms with Crippen molar-refractivity contribution in [2.45, 2.75) is 33.6 Å². The molecule has 0 aliphatic carbocycles. The molecule has 5 nitrogen and oxygen atoms in total. The van der Waals surface area contributed by atoms with Crippen LogP contribution in [0.25, 0.3) is 16.9 Å². The number of aryl methyl sites for hydroxylation is 3. The van der Waals surface area contributed by atoms with Gasteiger partial charge in [-0.2, -0.15) is 0 Å². The van der Waals surface area contributed by atoms with E-state index in [4.69, 9.17) is 0 Å². The van der Waals surface area contributed by atoms with E-state index >= 15 is 0 Å². The number of nitrogens with zero attached hydrogens (tertiary/aromatic N) is 3. The summed E-state index contributed by atoms with van der Waals surface area (Å²) in [5.41, 5.74) is 6.78. The van der Waals surface area contributed by atoms with Crippen LogP contribution in [0.3, 0.4) is 0 Å². The van der Waals surface area contributed by atoms with Crippen LogP contribution in [-0.4, -0.2) is 20.3 Å². The highest BCUT2D eigenvalue weighted by Crippen LogP contribution is 2.26. The van der Waals surface area contributed by atoms with Gasteiger partial charge in [0.05, 0.1) is 17.0 Å². The molecule has 0 saturated heterocycles. The third-order valence-corrected chi connectivity index (χ3v) is 5.69. The first-order valence-electron chi connectivity index (χ1n) is 9.42. The van der Waals surface area contributed by atoms with Gasteiger partial charge >= 0.3 is 0 Å². The molecule has 0 bridgehead atoms. The van der Waals surface area contributed by atoms with Crippen molar-refractivity contribution >= 4 is 28.0 Å². The molecule has 0 spiro atoms. The molecule has 1 aromatic carbocycles. The smallest absolute Gasteiger partial charge is 0.258 e. The lowest BCUT2D eigenvalue weighted by Crippen LogP contribution is -2.12. The second-order valence-electron chi connectivity index (χ2n) is 6.69. The van der Waals surface area contributed by atoms with E-state index in [1.807, 2.05) is 29.0 Å². The molecule has 3 aromatic heterocycles. The molecule has 1 N–H and O–H groups in total. The normalized spacial score (nSPS) is 11.1. The van der Waals surface area contributed by atoms with Crippen molar-refractivity contribution in [2.24, 2.45) is 0 Å². The van der Waals surface area contributed by atoms with Gasteiger partial charge in [-0.1, -0.05) is 38.1 Å². The van der Waals surface area contributed by atoms with Crippen molar-refractivity contribution in [3.63, 3.8) is 0 Å². The maximum absolute atomic E-state index is 12.7. The van der Waals surface area contributed by atoms with Gasteiger partial charge < -0.3 is 4.40 Å². The Bertz CT molecular complexity index is 1140. The number of amides is 1. The summed E-state index contributed by atoms with van der Waals surface area (Å²) >= 11 is 1.43. The molecule has 0 aliphatic heterocycles. The molecule has 3 heterocycles. The third kappa shape index (κ3) is 3.43. The Labute approximate surface area is 168 Å². The lowest BCUT2D eigenvalue weighted by Gasteiger charge is -2.04. The van der Waals surface area contributed by atoms with E-state index in [1.165, 1.54) is 16.9 Å². The van der Waals surface area contributed by atoms with Gasteiger partial charge in [-0.15, -0.1) is 11.3 Å². The van der Waals surface area contributed by atoms with Crippen molar-refractivity contribution in [3.05, 3.63) is 70.5 Å². The predicted molar refractivity (Wildman–Crippen MR) is 114 cm³/mol. The van der Waals surface area contributed by atoms with E-state index in [0.717, 1.165) is 41.1 Å². The number of nitrogens with one attached hydrogen (secondary N) is 1. The van der Waals surface area contributed by atoms with Crippen molar-refractivity contribution < 1.29 is 4.79 Å². The second kappa shape index (κ2) is 7.56. The number of imidazole rings is 1. The van der Waals surface area contributed by atoms with E-state index < -0.39 is 0 Å². The van der Waals surface area contributed by atoms with Crippen LogP contribution in [0.15, 0.2) is 48.0 Å². The summed E-state index contributed by atoms with van der Waals surface area (Å²) in [6, 6.07) is 12.0.